The Labute approximate surface area is 178 Å². The first kappa shape index (κ1) is 20.3. The number of carbonyl (C=O) groups excluding carboxylic acids is 1. The molecule has 1 saturated heterocycles. The van der Waals surface area contributed by atoms with Crippen molar-refractivity contribution in [2.24, 2.45) is 0 Å². The highest BCUT2D eigenvalue weighted by atomic mass is 79.9. The van der Waals surface area contributed by atoms with Crippen LogP contribution in [0, 0.1) is 10.1 Å². The van der Waals surface area contributed by atoms with Crippen LogP contribution in [0.2, 0.25) is 0 Å². The number of rotatable bonds is 5. The lowest BCUT2D eigenvalue weighted by Crippen LogP contribution is -2.27. The number of thioether (sulfide) groups is 1. The number of non-ortho nitro benzene ring substituents is 1. The molecule has 0 N–H and O–H groups in total. The maximum atomic E-state index is 12.9. The van der Waals surface area contributed by atoms with Crippen molar-refractivity contribution in [3.63, 3.8) is 0 Å². The van der Waals surface area contributed by atoms with E-state index < -0.39 is 4.92 Å². The molecule has 0 atom stereocenters. The van der Waals surface area contributed by atoms with E-state index in [1.165, 1.54) is 37.3 Å². The molecule has 144 valence electrons. The Morgan fingerprint density at radius 3 is 2.64 bits per heavy atom. The van der Waals surface area contributed by atoms with Crippen molar-refractivity contribution in [3.8, 4) is 11.5 Å². The van der Waals surface area contributed by atoms with Crippen molar-refractivity contribution in [3.05, 3.63) is 61.5 Å². The number of amides is 1. The van der Waals surface area contributed by atoms with E-state index in [9.17, 15) is 14.9 Å². The quantitative estimate of drug-likeness (QED) is 0.263. The zero-order chi connectivity index (χ0) is 20.4. The van der Waals surface area contributed by atoms with Crippen LogP contribution in [0.1, 0.15) is 5.56 Å². The minimum Gasteiger partial charge on any atom is -0.493 e. The zero-order valence-electron chi connectivity index (χ0n) is 14.7. The number of anilines is 1. The SMILES string of the molecule is COc1cc(/C=C2\SC(=S)N(c3cccc([N+](=O)[O-])c3)C2=O)cc(Br)c1OC. The first-order chi connectivity index (χ1) is 13.3. The third kappa shape index (κ3) is 3.89. The number of carbonyl (C=O) groups is 1. The second-order valence-corrected chi connectivity index (χ2v) is 8.06. The van der Waals surface area contributed by atoms with Crippen LogP contribution in [0.4, 0.5) is 11.4 Å². The highest BCUT2D eigenvalue weighted by molar-refractivity contribution is 9.10. The molecule has 2 aromatic rings. The molecule has 1 amide bonds. The standard InChI is InChI=1S/C18H13BrN2O5S2/c1-25-14-7-10(6-13(19)16(14)26-2)8-15-17(22)20(18(27)28-15)11-4-3-5-12(9-11)21(23)24/h3-9H,1-2H3/b15-8-. The van der Waals surface area contributed by atoms with E-state index in [2.05, 4.69) is 15.9 Å². The summed E-state index contributed by atoms with van der Waals surface area (Å²) in [6.07, 6.45) is 1.68. The number of halogens is 1. The number of nitro benzene ring substituents is 1. The molecule has 0 unspecified atom stereocenters. The highest BCUT2D eigenvalue weighted by Gasteiger charge is 2.34. The molecule has 0 radical (unpaired) electrons. The number of benzene rings is 2. The van der Waals surface area contributed by atoms with Gasteiger partial charge in [-0.2, -0.15) is 0 Å². The maximum Gasteiger partial charge on any atom is 0.271 e. The minimum absolute atomic E-state index is 0.112. The summed E-state index contributed by atoms with van der Waals surface area (Å²) >= 11 is 9.87. The fourth-order valence-corrected chi connectivity index (χ4v) is 4.53. The van der Waals surface area contributed by atoms with Gasteiger partial charge >= 0.3 is 0 Å². The third-order valence-corrected chi connectivity index (χ3v) is 5.74. The van der Waals surface area contributed by atoms with Crippen molar-refractivity contribution in [1.82, 2.24) is 0 Å². The van der Waals surface area contributed by atoms with Gasteiger partial charge in [-0.1, -0.05) is 30.0 Å². The van der Waals surface area contributed by atoms with Crippen molar-refractivity contribution < 1.29 is 19.2 Å². The molecule has 3 rings (SSSR count). The predicted molar refractivity (Wildman–Crippen MR) is 116 cm³/mol. The summed E-state index contributed by atoms with van der Waals surface area (Å²) in [7, 11) is 3.06. The molecule has 7 nitrogen and oxygen atoms in total. The van der Waals surface area contributed by atoms with E-state index >= 15 is 0 Å². The number of methoxy groups -OCH3 is 2. The van der Waals surface area contributed by atoms with Gasteiger partial charge in [-0.15, -0.1) is 0 Å². The van der Waals surface area contributed by atoms with Crippen LogP contribution in [0.5, 0.6) is 11.5 Å². The molecule has 1 aliphatic rings. The number of nitro groups is 1. The van der Waals surface area contributed by atoms with Crippen molar-refractivity contribution in [2.45, 2.75) is 0 Å². The van der Waals surface area contributed by atoms with Gasteiger partial charge in [-0.05, 0) is 45.8 Å². The number of thiocarbonyl (C=S) groups is 1. The van der Waals surface area contributed by atoms with Crippen LogP contribution in [0.3, 0.4) is 0 Å². The topological polar surface area (TPSA) is 81.9 Å². The summed E-state index contributed by atoms with van der Waals surface area (Å²) in [5.41, 5.74) is 0.956. The van der Waals surface area contributed by atoms with Gasteiger partial charge in [-0.25, -0.2) is 0 Å². The van der Waals surface area contributed by atoms with Gasteiger partial charge in [0.1, 0.15) is 0 Å². The molecule has 0 aliphatic carbocycles. The fraction of sp³-hybridized carbons (Fsp3) is 0.111. The van der Waals surface area contributed by atoms with Gasteiger partial charge in [0.15, 0.2) is 15.8 Å². The first-order valence-electron chi connectivity index (χ1n) is 7.79. The predicted octanol–water partition coefficient (Wildman–Crippen LogP) is 4.78. The maximum absolute atomic E-state index is 12.9. The molecule has 0 saturated carbocycles. The third-order valence-electron chi connectivity index (χ3n) is 3.85. The number of ether oxygens (including phenoxy) is 2. The largest absolute Gasteiger partial charge is 0.493 e. The lowest BCUT2D eigenvalue weighted by atomic mass is 10.1. The molecule has 1 aliphatic heterocycles. The van der Waals surface area contributed by atoms with Crippen LogP contribution in [0.25, 0.3) is 6.08 Å². The van der Waals surface area contributed by atoms with Gasteiger partial charge < -0.3 is 9.47 Å². The van der Waals surface area contributed by atoms with Crippen LogP contribution in [-0.4, -0.2) is 29.4 Å². The van der Waals surface area contributed by atoms with Gasteiger partial charge in [0, 0.05) is 12.1 Å². The molecular formula is C18H13BrN2O5S2. The smallest absolute Gasteiger partial charge is 0.271 e. The molecular weight excluding hydrogens is 468 g/mol. The molecule has 1 heterocycles. The lowest BCUT2D eigenvalue weighted by molar-refractivity contribution is -0.384. The molecule has 0 spiro atoms. The van der Waals surface area contributed by atoms with Gasteiger partial charge in [-0.3, -0.25) is 19.8 Å². The van der Waals surface area contributed by atoms with Crippen LogP contribution in [-0.2, 0) is 4.79 Å². The lowest BCUT2D eigenvalue weighted by Gasteiger charge is -2.14. The van der Waals surface area contributed by atoms with Gasteiger partial charge in [0.25, 0.3) is 11.6 Å². The second kappa shape index (κ2) is 8.29. The summed E-state index contributed by atoms with van der Waals surface area (Å²) in [6, 6.07) is 9.33. The number of hydrogen-bond donors (Lipinski definition) is 0. The zero-order valence-corrected chi connectivity index (χ0v) is 17.9. The van der Waals surface area contributed by atoms with E-state index in [4.69, 9.17) is 21.7 Å². The van der Waals surface area contributed by atoms with Crippen LogP contribution in [0.15, 0.2) is 45.8 Å². The molecule has 1 fully saturated rings. The Kier molecular flexibility index (Phi) is 6.01. The van der Waals surface area contributed by atoms with Gasteiger partial charge in [0.2, 0.25) is 0 Å². The number of nitrogens with zero attached hydrogens (tertiary/aromatic N) is 2. The molecule has 0 aromatic heterocycles. The second-order valence-electron chi connectivity index (χ2n) is 5.53. The van der Waals surface area contributed by atoms with E-state index in [0.717, 1.165) is 11.8 Å². The molecule has 10 heteroatoms. The first-order valence-corrected chi connectivity index (χ1v) is 9.81. The summed E-state index contributed by atoms with van der Waals surface area (Å²) < 4.78 is 11.6. The molecule has 28 heavy (non-hydrogen) atoms. The van der Waals surface area contributed by atoms with Crippen LogP contribution >= 0.6 is 39.9 Å². The Hall–Kier alpha value is -2.43. The fourth-order valence-electron chi connectivity index (χ4n) is 2.61. The van der Waals surface area contributed by atoms with Crippen LogP contribution < -0.4 is 14.4 Å². The average molecular weight is 481 g/mol. The highest BCUT2D eigenvalue weighted by Crippen LogP contribution is 2.40. The monoisotopic (exact) mass is 480 g/mol. The van der Waals surface area contributed by atoms with E-state index in [-0.39, 0.29) is 11.6 Å². The normalized spacial score (nSPS) is 15.2. The minimum atomic E-state index is -0.516. The molecule has 0 bridgehead atoms. The van der Waals surface area contributed by atoms with Crippen molar-refractivity contribution in [1.29, 1.82) is 0 Å². The van der Waals surface area contributed by atoms with E-state index in [0.29, 0.717) is 36.4 Å². The Morgan fingerprint density at radius 2 is 2.00 bits per heavy atom. The average Bonchev–Trinajstić information content (AvgIpc) is 2.94. The summed E-state index contributed by atoms with van der Waals surface area (Å²) in [5, 5.41) is 11.0. The molecule has 2 aromatic carbocycles. The van der Waals surface area contributed by atoms with Crippen molar-refractivity contribution >= 4 is 67.6 Å². The van der Waals surface area contributed by atoms with Crippen molar-refractivity contribution in [2.75, 3.05) is 19.1 Å². The van der Waals surface area contributed by atoms with E-state index in [1.807, 2.05) is 0 Å². The van der Waals surface area contributed by atoms with E-state index in [1.54, 1.807) is 24.3 Å². The summed E-state index contributed by atoms with van der Waals surface area (Å²) in [6.45, 7) is 0. The summed E-state index contributed by atoms with van der Waals surface area (Å²) in [4.78, 5) is 25.1. The Balaban J connectivity index is 1.97. The van der Waals surface area contributed by atoms with Gasteiger partial charge in [0.05, 0.1) is 34.2 Å². The summed E-state index contributed by atoms with van der Waals surface area (Å²) in [5.74, 6) is 0.711. The Bertz CT molecular complexity index is 1030. The Morgan fingerprint density at radius 1 is 1.25 bits per heavy atom. The number of hydrogen-bond acceptors (Lipinski definition) is 7.